The molecule has 2 aromatic rings. The van der Waals surface area contributed by atoms with Gasteiger partial charge in [0.25, 0.3) is 0 Å². The molecule has 1 aromatic carbocycles. The molecule has 0 fully saturated rings. The monoisotopic (exact) mass is 407 g/mol. The van der Waals surface area contributed by atoms with Crippen LogP contribution in [0.2, 0.25) is 0 Å². The highest BCUT2D eigenvalue weighted by molar-refractivity contribution is 7.99. The van der Waals surface area contributed by atoms with Crippen LogP contribution < -0.4 is 20.1 Å². The molecule has 0 radical (unpaired) electrons. The first-order valence-corrected chi connectivity index (χ1v) is 9.73. The Morgan fingerprint density at radius 3 is 2.50 bits per heavy atom. The van der Waals surface area contributed by atoms with Crippen molar-refractivity contribution in [3.05, 3.63) is 30.1 Å². The SMILES string of the molecule is COc1ccc(OCc2nnc(SCC(=O)NC(=O)NCC(C)C)n2C)cc1. The minimum absolute atomic E-state index is 0.0560. The van der Waals surface area contributed by atoms with Gasteiger partial charge in [0.1, 0.15) is 18.1 Å². The highest BCUT2D eigenvalue weighted by Crippen LogP contribution is 2.19. The molecule has 0 unspecified atom stereocenters. The summed E-state index contributed by atoms with van der Waals surface area (Å²) in [5.41, 5.74) is 0. The summed E-state index contributed by atoms with van der Waals surface area (Å²) in [5, 5.41) is 13.6. The van der Waals surface area contributed by atoms with E-state index in [-0.39, 0.29) is 12.4 Å². The summed E-state index contributed by atoms with van der Waals surface area (Å²) in [5.74, 6) is 2.03. The van der Waals surface area contributed by atoms with Crippen molar-refractivity contribution in [2.45, 2.75) is 25.6 Å². The second kappa shape index (κ2) is 10.5. The Bertz CT molecular complexity index is 792. The highest BCUT2D eigenvalue weighted by atomic mass is 32.2. The third kappa shape index (κ3) is 6.76. The molecule has 3 amide bonds. The number of carbonyl (C=O) groups excluding carboxylic acids is 2. The van der Waals surface area contributed by atoms with E-state index >= 15 is 0 Å². The van der Waals surface area contributed by atoms with Crippen molar-refractivity contribution in [2.24, 2.45) is 13.0 Å². The number of urea groups is 1. The van der Waals surface area contributed by atoms with Gasteiger partial charge in [0, 0.05) is 13.6 Å². The molecule has 1 heterocycles. The average molecular weight is 407 g/mol. The van der Waals surface area contributed by atoms with Gasteiger partial charge in [-0.2, -0.15) is 0 Å². The molecule has 28 heavy (non-hydrogen) atoms. The summed E-state index contributed by atoms with van der Waals surface area (Å²) in [4.78, 5) is 23.5. The number of aromatic nitrogens is 3. The summed E-state index contributed by atoms with van der Waals surface area (Å²) in [7, 11) is 3.40. The number of rotatable bonds is 9. The van der Waals surface area contributed by atoms with Crippen LogP contribution >= 0.6 is 11.8 Å². The van der Waals surface area contributed by atoms with Crippen molar-refractivity contribution in [1.82, 2.24) is 25.4 Å². The third-order valence-electron chi connectivity index (χ3n) is 3.61. The fourth-order valence-corrected chi connectivity index (χ4v) is 2.78. The van der Waals surface area contributed by atoms with E-state index < -0.39 is 11.9 Å². The van der Waals surface area contributed by atoms with Gasteiger partial charge in [-0.3, -0.25) is 10.1 Å². The van der Waals surface area contributed by atoms with Crippen LogP contribution in [0.25, 0.3) is 0 Å². The van der Waals surface area contributed by atoms with Crippen LogP contribution in [-0.2, 0) is 18.4 Å². The van der Waals surface area contributed by atoms with E-state index in [1.54, 1.807) is 30.9 Å². The topological polar surface area (TPSA) is 107 Å². The highest BCUT2D eigenvalue weighted by Gasteiger charge is 2.13. The molecule has 0 aliphatic rings. The lowest BCUT2D eigenvalue weighted by molar-refractivity contribution is -0.117. The molecule has 10 heteroatoms. The molecule has 2 rings (SSSR count). The molecule has 0 spiro atoms. The average Bonchev–Trinajstić information content (AvgIpc) is 3.03. The van der Waals surface area contributed by atoms with Gasteiger partial charge < -0.3 is 19.4 Å². The molecule has 1 aromatic heterocycles. The molecule has 0 bridgehead atoms. The first kappa shape index (κ1) is 21.5. The molecule has 0 atom stereocenters. The molecule has 0 aliphatic carbocycles. The Kier molecular flexibility index (Phi) is 8.12. The van der Waals surface area contributed by atoms with Crippen molar-refractivity contribution >= 4 is 23.7 Å². The number of methoxy groups -OCH3 is 1. The van der Waals surface area contributed by atoms with E-state index in [0.29, 0.717) is 29.2 Å². The Morgan fingerprint density at radius 1 is 1.18 bits per heavy atom. The number of ether oxygens (including phenoxy) is 2. The molecular weight excluding hydrogens is 382 g/mol. The molecule has 152 valence electrons. The normalized spacial score (nSPS) is 10.6. The maximum atomic E-state index is 11.9. The molecule has 0 saturated carbocycles. The largest absolute Gasteiger partial charge is 0.497 e. The Morgan fingerprint density at radius 2 is 1.86 bits per heavy atom. The summed E-state index contributed by atoms with van der Waals surface area (Å²) in [6, 6.07) is 6.73. The van der Waals surface area contributed by atoms with Crippen LogP contribution in [0.4, 0.5) is 4.79 Å². The predicted molar refractivity (Wildman–Crippen MR) is 105 cm³/mol. The quantitative estimate of drug-likeness (QED) is 0.612. The maximum absolute atomic E-state index is 11.9. The lowest BCUT2D eigenvalue weighted by atomic mass is 10.2. The van der Waals surface area contributed by atoms with Crippen LogP contribution in [0.3, 0.4) is 0 Å². The second-order valence-corrected chi connectivity index (χ2v) is 7.31. The summed E-state index contributed by atoms with van der Waals surface area (Å²) in [6.45, 7) is 4.69. The zero-order chi connectivity index (χ0) is 20.5. The summed E-state index contributed by atoms with van der Waals surface area (Å²) < 4.78 is 12.5. The van der Waals surface area contributed by atoms with Crippen molar-refractivity contribution < 1.29 is 19.1 Å². The molecule has 9 nitrogen and oxygen atoms in total. The number of amides is 3. The Balaban J connectivity index is 1.80. The smallest absolute Gasteiger partial charge is 0.321 e. The summed E-state index contributed by atoms with van der Waals surface area (Å²) >= 11 is 1.19. The fraction of sp³-hybridized carbons (Fsp3) is 0.444. The van der Waals surface area contributed by atoms with Gasteiger partial charge in [-0.25, -0.2) is 4.79 Å². The van der Waals surface area contributed by atoms with E-state index in [1.807, 2.05) is 26.0 Å². The fourth-order valence-electron chi connectivity index (χ4n) is 2.05. The Labute approximate surface area is 168 Å². The maximum Gasteiger partial charge on any atom is 0.321 e. The summed E-state index contributed by atoms with van der Waals surface area (Å²) in [6.07, 6.45) is 0. The van der Waals surface area contributed by atoms with E-state index in [0.717, 1.165) is 5.75 Å². The van der Waals surface area contributed by atoms with Gasteiger partial charge in [0.15, 0.2) is 11.0 Å². The van der Waals surface area contributed by atoms with Crippen molar-refractivity contribution in [1.29, 1.82) is 0 Å². The first-order valence-electron chi connectivity index (χ1n) is 8.74. The van der Waals surface area contributed by atoms with Crippen LogP contribution in [0.1, 0.15) is 19.7 Å². The number of thioether (sulfide) groups is 1. The number of benzene rings is 1. The van der Waals surface area contributed by atoms with Gasteiger partial charge >= 0.3 is 6.03 Å². The lowest BCUT2D eigenvalue weighted by Gasteiger charge is -2.08. The standard InChI is InChI=1S/C18H25N5O4S/c1-12(2)9-19-17(25)20-16(24)11-28-18-22-21-15(23(18)3)10-27-14-7-5-13(26-4)6-8-14/h5-8,12H,9-11H2,1-4H3,(H2,19,20,24,25). The van der Waals surface area contributed by atoms with Crippen LogP contribution in [0.5, 0.6) is 11.5 Å². The third-order valence-corrected chi connectivity index (χ3v) is 4.63. The van der Waals surface area contributed by atoms with Crippen LogP contribution in [0.15, 0.2) is 29.4 Å². The zero-order valence-electron chi connectivity index (χ0n) is 16.4. The van der Waals surface area contributed by atoms with Gasteiger partial charge in [-0.15, -0.1) is 10.2 Å². The molecule has 2 N–H and O–H groups in total. The number of carbonyl (C=O) groups is 2. The number of nitrogens with zero attached hydrogens (tertiary/aromatic N) is 3. The van der Waals surface area contributed by atoms with E-state index in [1.165, 1.54) is 11.8 Å². The van der Waals surface area contributed by atoms with Crippen LogP contribution in [-0.4, -0.2) is 46.1 Å². The minimum Gasteiger partial charge on any atom is -0.497 e. The van der Waals surface area contributed by atoms with Crippen molar-refractivity contribution in [3.8, 4) is 11.5 Å². The number of nitrogens with one attached hydrogen (secondary N) is 2. The van der Waals surface area contributed by atoms with E-state index in [9.17, 15) is 9.59 Å². The lowest BCUT2D eigenvalue weighted by Crippen LogP contribution is -2.41. The van der Waals surface area contributed by atoms with Gasteiger partial charge in [0.2, 0.25) is 5.91 Å². The molecule has 0 aliphatic heterocycles. The van der Waals surface area contributed by atoms with Crippen LogP contribution in [0, 0.1) is 5.92 Å². The number of hydrogen-bond donors (Lipinski definition) is 2. The Hall–Kier alpha value is -2.75. The van der Waals surface area contributed by atoms with Crippen molar-refractivity contribution in [3.63, 3.8) is 0 Å². The second-order valence-electron chi connectivity index (χ2n) is 6.36. The number of hydrogen-bond acceptors (Lipinski definition) is 7. The number of imide groups is 1. The predicted octanol–water partition coefficient (Wildman–Crippen LogP) is 1.98. The van der Waals surface area contributed by atoms with E-state index in [4.69, 9.17) is 9.47 Å². The van der Waals surface area contributed by atoms with E-state index in [2.05, 4.69) is 20.8 Å². The van der Waals surface area contributed by atoms with Gasteiger partial charge in [-0.1, -0.05) is 25.6 Å². The molecule has 0 saturated heterocycles. The molecular formula is C18H25N5O4S. The zero-order valence-corrected chi connectivity index (χ0v) is 17.2. The van der Waals surface area contributed by atoms with Gasteiger partial charge in [0.05, 0.1) is 12.9 Å². The minimum atomic E-state index is -0.495. The first-order chi connectivity index (χ1) is 13.4. The van der Waals surface area contributed by atoms with Gasteiger partial charge in [-0.05, 0) is 30.2 Å². The van der Waals surface area contributed by atoms with Crippen molar-refractivity contribution in [2.75, 3.05) is 19.4 Å².